The summed E-state index contributed by atoms with van der Waals surface area (Å²) in [7, 11) is 0. The first kappa shape index (κ1) is 17.3. The van der Waals surface area contributed by atoms with Gasteiger partial charge in [-0.05, 0) is 51.4 Å². The Morgan fingerprint density at radius 2 is 1.68 bits per heavy atom. The van der Waals surface area contributed by atoms with E-state index in [1.807, 2.05) is 0 Å². The van der Waals surface area contributed by atoms with Gasteiger partial charge in [0.25, 0.3) is 0 Å². The predicted octanol–water partition coefficient (Wildman–Crippen LogP) is 4.31. The Bertz CT molecular complexity index is 385. The molecule has 0 amide bonds. The van der Waals surface area contributed by atoms with Gasteiger partial charge in [0.05, 0.1) is 11.8 Å². The number of esters is 1. The molecule has 0 saturated heterocycles. The standard InChI is InChI=1S/C18H30O4/c1-2-3-11-18(12-7-4-8-13-18)22-17(21)15-10-6-5-9-14(15)16(19)20/h14-15H,2-13H2,1H3,(H,19,20). The summed E-state index contributed by atoms with van der Waals surface area (Å²) in [5, 5.41) is 9.36. The molecule has 22 heavy (non-hydrogen) atoms. The van der Waals surface area contributed by atoms with Crippen LogP contribution in [0.3, 0.4) is 0 Å². The Hall–Kier alpha value is -1.06. The maximum absolute atomic E-state index is 12.7. The predicted molar refractivity (Wildman–Crippen MR) is 84.5 cm³/mol. The summed E-state index contributed by atoms with van der Waals surface area (Å²) >= 11 is 0. The summed E-state index contributed by atoms with van der Waals surface area (Å²) in [6.07, 6.45) is 11.6. The normalized spacial score (nSPS) is 28.0. The van der Waals surface area contributed by atoms with Gasteiger partial charge in [-0.25, -0.2) is 0 Å². The molecule has 2 aliphatic carbocycles. The monoisotopic (exact) mass is 310 g/mol. The molecule has 0 aromatic carbocycles. The Labute approximate surface area is 133 Å². The van der Waals surface area contributed by atoms with Gasteiger partial charge in [0.2, 0.25) is 0 Å². The fourth-order valence-electron chi connectivity index (χ4n) is 4.10. The Balaban J connectivity index is 2.04. The molecule has 0 heterocycles. The Morgan fingerprint density at radius 3 is 2.27 bits per heavy atom. The smallest absolute Gasteiger partial charge is 0.310 e. The summed E-state index contributed by atoms with van der Waals surface area (Å²) in [5.74, 6) is -2.07. The Kier molecular flexibility index (Phi) is 6.27. The molecule has 0 spiro atoms. The first-order valence-corrected chi connectivity index (χ1v) is 9.04. The maximum Gasteiger partial charge on any atom is 0.310 e. The van der Waals surface area contributed by atoms with Crippen molar-refractivity contribution < 1.29 is 19.4 Å². The Morgan fingerprint density at radius 1 is 1.05 bits per heavy atom. The second kappa shape index (κ2) is 7.98. The third-order valence-corrected chi connectivity index (χ3v) is 5.45. The molecule has 0 bridgehead atoms. The van der Waals surface area contributed by atoms with E-state index in [9.17, 15) is 14.7 Å². The highest BCUT2D eigenvalue weighted by Gasteiger charge is 2.41. The van der Waals surface area contributed by atoms with Gasteiger partial charge < -0.3 is 9.84 Å². The van der Waals surface area contributed by atoms with E-state index < -0.39 is 17.8 Å². The number of carboxylic acid groups (broad SMARTS) is 1. The van der Waals surface area contributed by atoms with Crippen LogP contribution in [0.5, 0.6) is 0 Å². The van der Waals surface area contributed by atoms with Crippen molar-refractivity contribution in [2.24, 2.45) is 11.8 Å². The minimum atomic E-state index is -0.840. The van der Waals surface area contributed by atoms with Gasteiger partial charge in [0, 0.05) is 0 Å². The molecule has 2 fully saturated rings. The van der Waals surface area contributed by atoms with E-state index in [0.29, 0.717) is 12.8 Å². The number of carboxylic acids is 1. The molecular weight excluding hydrogens is 280 g/mol. The van der Waals surface area contributed by atoms with Crippen molar-refractivity contribution in [3.8, 4) is 0 Å². The fraction of sp³-hybridized carbons (Fsp3) is 0.889. The number of unbranched alkanes of at least 4 members (excludes halogenated alkanes) is 1. The van der Waals surface area contributed by atoms with Gasteiger partial charge in [-0.3, -0.25) is 9.59 Å². The van der Waals surface area contributed by atoms with Crippen molar-refractivity contribution in [2.45, 2.75) is 89.6 Å². The molecule has 2 unspecified atom stereocenters. The van der Waals surface area contributed by atoms with Crippen LogP contribution in [0.4, 0.5) is 0 Å². The van der Waals surface area contributed by atoms with Crippen molar-refractivity contribution in [3.05, 3.63) is 0 Å². The van der Waals surface area contributed by atoms with Crippen molar-refractivity contribution in [2.75, 3.05) is 0 Å². The number of aliphatic carboxylic acids is 1. The van der Waals surface area contributed by atoms with Crippen LogP contribution in [-0.4, -0.2) is 22.6 Å². The molecule has 4 heteroatoms. The van der Waals surface area contributed by atoms with E-state index in [1.165, 1.54) is 6.42 Å². The first-order chi connectivity index (χ1) is 10.6. The number of hydrogen-bond acceptors (Lipinski definition) is 3. The molecular formula is C18H30O4. The molecule has 2 atom stereocenters. The van der Waals surface area contributed by atoms with Crippen LogP contribution in [0.2, 0.25) is 0 Å². The number of ether oxygens (including phenoxy) is 1. The lowest BCUT2D eigenvalue weighted by atomic mass is 9.78. The van der Waals surface area contributed by atoms with Gasteiger partial charge in [0.1, 0.15) is 5.60 Å². The summed E-state index contributed by atoms with van der Waals surface area (Å²) in [4.78, 5) is 24.1. The molecule has 1 N–H and O–H groups in total. The lowest BCUT2D eigenvalue weighted by molar-refractivity contribution is -0.176. The van der Waals surface area contributed by atoms with Crippen LogP contribution in [0.25, 0.3) is 0 Å². The zero-order chi connectivity index (χ0) is 16.0. The molecule has 0 radical (unpaired) electrons. The maximum atomic E-state index is 12.7. The fourth-order valence-corrected chi connectivity index (χ4v) is 4.10. The zero-order valence-corrected chi connectivity index (χ0v) is 13.8. The molecule has 126 valence electrons. The highest BCUT2D eigenvalue weighted by molar-refractivity contribution is 5.81. The third kappa shape index (κ3) is 4.23. The van der Waals surface area contributed by atoms with E-state index in [4.69, 9.17) is 4.74 Å². The van der Waals surface area contributed by atoms with Gasteiger partial charge >= 0.3 is 11.9 Å². The van der Waals surface area contributed by atoms with Gasteiger partial charge in [-0.2, -0.15) is 0 Å². The molecule has 0 aliphatic heterocycles. The summed E-state index contributed by atoms with van der Waals surface area (Å²) < 4.78 is 6.00. The molecule has 0 aromatic heterocycles. The van der Waals surface area contributed by atoms with Gasteiger partial charge in [-0.1, -0.05) is 32.6 Å². The summed E-state index contributed by atoms with van der Waals surface area (Å²) in [6, 6.07) is 0. The third-order valence-electron chi connectivity index (χ3n) is 5.45. The van der Waals surface area contributed by atoms with Crippen LogP contribution in [0.15, 0.2) is 0 Å². The van der Waals surface area contributed by atoms with E-state index >= 15 is 0 Å². The first-order valence-electron chi connectivity index (χ1n) is 9.04. The van der Waals surface area contributed by atoms with E-state index in [-0.39, 0.29) is 11.6 Å². The zero-order valence-electron chi connectivity index (χ0n) is 13.8. The number of rotatable bonds is 6. The number of hydrogen-bond donors (Lipinski definition) is 1. The second-order valence-electron chi connectivity index (χ2n) is 7.10. The van der Waals surface area contributed by atoms with Crippen molar-refractivity contribution >= 4 is 11.9 Å². The SMILES string of the molecule is CCCCC1(OC(=O)C2CCCCC2C(=O)O)CCCCC1. The van der Waals surface area contributed by atoms with Crippen molar-refractivity contribution in [3.63, 3.8) is 0 Å². The largest absolute Gasteiger partial charge is 0.481 e. The molecule has 2 aliphatic rings. The quantitative estimate of drug-likeness (QED) is 0.742. The van der Waals surface area contributed by atoms with Crippen LogP contribution < -0.4 is 0 Å². The lowest BCUT2D eigenvalue weighted by Crippen LogP contribution is -2.42. The molecule has 2 saturated carbocycles. The topological polar surface area (TPSA) is 63.6 Å². The summed E-state index contributed by atoms with van der Waals surface area (Å²) in [5.41, 5.74) is -0.314. The molecule has 4 nitrogen and oxygen atoms in total. The van der Waals surface area contributed by atoms with Crippen LogP contribution in [0, 0.1) is 11.8 Å². The van der Waals surface area contributed by atoms with Crippen molar-refractivity contribution in [1.29, 1.82) is 0 Å². The summed E-state index contributed by atoms with van der Waals surface area (Å²) in [6.45, 7) is 2.15. The van der Waals surface area contributed by atoms with E-state index in [2.05, 4.69) is 6.92 Å². The molecule has 0 aromatic rings. The van der Waals surface area contributed by atoms with Crippen LogP contribution >= 0.6 is 0 Å². The van der Waals surface area contributed by atoms with Crippen molar-refractivity contribution in [1.82, 2.24) is 0 Å². The highest BCUT2D eigenvalue weighted by atomic mass is 16.6. The number of carbonyl (C=O) groups is 2. The highest BCUT2D eigenvalue weighted by Crippen LogP contribution is 2.39. The lowest BCUT2D eigenvalue weighted by Gasteiger charge is -2.39. The van der Waals surface area contributed by atoms with Gasteiger partial charge in [-0.15, -0.1) is 0 Å². The second-order valence-corrected chi connectivity index (χ2v) is 7.10. The van der Waals surface area contributed by atoms with Gasteiger partial charge in [0.15, 0.2) is 0 Å². The average Bonchev–Trinajstić information content (AvgIpc) is 2.54. The van der Waals surface area contributed by atoms with Crippen LogP contribution in [-0.2, 0) is 14.3 Å². The number of carbonyl (C=O) groups excluding carboxylic acids is 1. The minimum Gasteiger partial charge on any atom is -0.481 e. The van der Waals surface area contributed by atoms with E-state index in [1.54, 1.807) is 0 Å². The molecule has 2 rings (SSSR count). The minimum absolute atomic E-state index is 0.245. The van der Waals surface area contributed by atoms with Crippen LogP contribution in [0.1, 0.15) is 84.0 Å². The average molecular weight is 310 g/mol. The van der Waals surface area contributed by atoms with E-state index in [0.717, 1.165) is 57.8 Å².